The topological polar surface area (TPSA) is 54.1 Å². The Hall–Kier alpha value is -1.50. The minimum Gasteiger partial charge on any atom is -0.464 e. The Bertz CT molecular complexity index is 485. The predicted octanol–water partition coefficient (Wildman–Crippen LogP) is 3.01. The molecule has 0 radical (unpaired) electrons. The van der Waals surface area contributed by atoms with Crippen LogP contribution < -0.4 is 5.32 Å². The maximum Gasteiger partial charge on any atom is 0.391 e. The smallest absolute Gasteiger partial charge is 0.391 e. The fourth-order valence-electron chi connectivity index (χ4n) is 2.70. The van der Waals surface area contributed by atoms with Crippen molar-refractivity contribution in [2.24, 2.45) is 5.92 Å². The Kier molecular flexibility index (Phi) is 4.92. The molecule has 1 aliphatic carbocycles. The fourth-order valence-corrected chi connectivity index (χ4v) is 2.70. The van der Waals surface area contributed by atoms with Crippen molar-refractivity contribution in [1.82, 2.24) is 10.3 Å². The zero-order valence-corrected chi connectivity index (χ0v) is 11.8. The average Bonchev–Trinajstić information content (AvgIpc) is 2.92. The van der Waals surface area contributed by atoms with E-state index in [1.807, 2.05) is 0 Å². The van der Waals surface area contributed by atoms with E-state index in [-0.39, 0.29) is 18.9 Å². The quantitative estimate of drug-likeness (QED) is 0.841. The van der Waals surface area contributed by atoms with Crippen LogP contribution in [0.5, 0.6) is 0 Å². The minimum atomic E-state index is -4.11. The minimum absolute atomic E-state index is 0.119. The summed E-state index contributed by atoms with van der Waals surface area (Å²) in [5, 5.41) is 3.13. The van der Waals surface area contributed by atoms with Gasteiger partial charge in [-0.15, -0.1) is 0 Å². The Labute approximate surface area is 121 Å². The van der Waals surface area contributed by atoms with Crippen LogP contribution in [0, 0.1) is 5.92 Å². The summed E-state index contributed by atoms with van der Waals surface area (Å²) in [5.41, 5.74) is 1.09. The van der Waals surface area contributed by atoms with Crippen LogP contribution in [0.2, 0.25) is 0 Å². The second kappa shape index (κ2) is 6.51. The number of hydrogen-bond acceptors (Lipinski definition) is 3. The number of esters is 1. The van der Waals surface area contributed by atoms with Gasteiger partial charge in [-0.2, -0.15) is 13.2 Å². The molecule has 0 aromatic carbocycles. The van der Waals surface area contributed by atoms with E-state index in [0.717, 1.165) is 12.1 Å². The summed E-state index contributed by atoms with van der Waals surface area (Å²) < 4.78 is 42.8. The van der Waals surface area contributed by atoms with Crippen LogP contribution in [0.1, 0.15) is 41.9 Å². The summed E-state index contributed by atoms with van der Waals surface area (Å²) in [7, 11) is 1.29. The van der Waals surface area contributed by atoms with Crippen LogP contribution in [0.4, 0.5) is 13.2 Å². The number of rotatable bonds is 4. The van der Waals surface area contributed by atoms with Crippen LogP contribution in [-0.2, 0) is 11.3 Å². The number of aromatic amines is 1. The van der Waals surface area contributed by atoms with Crippen LogP contribution in [0.3, 0.4) is 0 Å². The molecule has 0 bridgehead atoms. The second-order valence-electron chi connectivity index (χ2n) is 5.37. The van der Waals surface area contributed by atoms with E-state index in [1.54, 1.807) is 12.1 Å². The summed E-state index contributed by atoms with van der Waals surface area (Å²) in [6.07, 6.45) is -2.44. The van der Waals surface area contributed by atoms with E-state index < -0.39 is 18.1 Å². The van der Waals surface area contributed by atoms with E-state index in [1.165, 1.54) is 7.11 Å². The summed E-state index contributed by atoms with van der Waals surface area (Å²) in [5.74, 6) is -1.67. The fraction of sp³-hybridized carbons (Fsp3) is 0.643. The van der Waals surface area contributed by atoms with E-state index in [0.29, 0.717) is 18.7 Å². The third-order valence-electron chi connectivity index (χ3n) is 3.87. The lowest BCUT2D eigenvalue weighted by Crippen LogP contribution is -2.38. The monoisotopic (exact) mass is 304 g/mol. The number of hydrogen-bond donors (Lipinski definition) is 2. The number of halogens is 3. The molecule has 0 aliphatic heterocycles. The van der Waals surface area contributed by atoms with Gasteiger partial charge in [0.2, 0.25) is 0 Å². The molecular formula is C14H19F3N2O2. The Morgan fingerprint density at radius 2 is 2.19 bits per heavy atom. The van der Waals surface area contributed by atoms with Gasteiger partial charge in [0.05, 0.1) is 13.0 Å². The van der Waals surface area contributed by atoms with Crippen LogP contribution in [0.15, 0.2) is 12.1 Å². The molecule has 118 valence electrons. The summed E-state index contributed by atoms with van der Waals surface area (Å²) in [6, 6.07) is 3.18. The predicted molar refractivity (Wildman–Crippen MR) is 70.8 cm³/mol. The van der Waals surface area contributed by atoms with Gasteiger partial charge < -0.3 is 15.0 Å². The molecule has 1 heterocycles. The Balaban J connectivity index is 1.85. The first kappa shape index (κ1) is 15.9. The molecule has 1 saturated carbocycles. The molecule has 1 fully saturated rings. The first-order valence-electron chi connectivity index (χ1n) is 6.96. The normalized spacial score (nSPS) is 23.0. The van der Waals surface area contributed by atoms with Crippen molar-refractivity contribution in [3.8, 4) is 0 Å². The number of methoxy groups -OCH3 is 1. The zero-order chi connectivity index (χ0) is 15.5. The second-order valence-corrected chi connectivity index (χ2v) is 5.37. The lowest BCUT2D eigenvalue weighted by atomic mass is 9.85. The number of nitrogens with one attached hydrogen (secondary N) is 2. The zero-order valence-electron chi connectivity index (χ0n) is 11.8. The molecule has 1 aliphatic rings. The highest BCUT2D eigenvalue weighted by Gasteiger charge is 2.41. The van der Waals surface area contributed by atoms with Gasteiger partial charge in [-0.1, -0.05) is 6.42 Å². The maximum atomic E-state index is 12.7. The largest absolute Gasteiger partial charge is 0.464 e. The lowest BCUT2D eigenvalue weighted by Gasteiger charge is -2.31. The molecule has 7 heteroatoms. The number of ether oxygens (including phenoxy) is 1. The van der Waals surface area contributed by atoms with E-state index in [9.17, 15) is 18.0 Å². The van der Waals surface area contributed by atoms with Crippen molar-refractivity contribution in [2.45, 2.75) is 44.4 Å². The van der Waals surface area contributed by atoms with Gasteiger partial charge in [0.25, 0.3) is 0 Å². The molecule has 2 N–H and O–H groups in total. The number of aromatic nitrogens is 1. The summed E-state index contributed by atoms with van der Waals surface area (Å²) in [6.45, 7) is 0.409. The number of carbonyl (C=O) groups is 1. The SMILES string of the molecule is COC(=O)c1ccc(CNC2CCCC(C(F)(F)F)C2)[nH]1. The van der Waals surface area contributed by atoms with Crippen molar-refractivity contribution in [3.63, 3.8) is 0 Å². The molecule has 0 spiro atoms. The van der Waals surface area contributed by atoms with Crippen LogP contribution >= 0.6 is 0 Å². The first-order valence-corrected chi connectivity index (χ1v) is 6.96. The van der Waals surface area contributed by atoms with Gasteiger partial charge in [-0.25, -0.2) is 4.79 Å². The van der Waals surface area contributed by atoms with Crippen LogP contribution in [-0.4, -0.2) is 30.3 Å². The molecule has 1 aromatic rings. The highest BCUT2D eigenvalue weighted by atomic mass is 19.4. The summed E-state index contributed by atoms with van der Waals surface area (Å²) in [4.78, 5) is 14.2. The number of H-pyrrole nitrogens is 1. The van der Waals surface area contributed by atoms with Gasteiger partial charge in [0.15, 0.2) is 0 Å². The third-order valence-corrected chi connectivity index (χ3v) is 3.87. The number of alkyl halides is 3. The van der Waals surface area contributed by atoms with E-state index in [4.69, 9.17) is 0 Å². The van der Waals surface area contributed by atoms with Crippen molar-refractivity contribution in [1.29, 1.82) is 0 Å². The lowest BCUT2D eigenvalue weighted by molar-refractivity contribution is -0.183. The van der Waals surface area contributed by atoms with Crippen molar-refractivity contribution in [3.05, 3.63) is 23.5 Å². The van der Waals surface area contributed by atoms with Gasteiger partial charge in [0.1, 0.15) is 5.69 Å². The Morgan fingerprint density at radius 1 is 1.43 bits per heavy atom. The molecule has 21 heavy (non-hydrogen) atoms. The summed E-state index contributed by atoms with van der Waals surface area (Å²) >= 11 is 0. The highest BCUT2D eigenvalue weighted by Crippen LogP contribution is 2.37. The maximum absolute atomic E-state index is 12.7. The van der Waals surface area contributed by atoms with Crippen molar-refractivity contribution in [2.75, 3.05) is 7.11 Å². The van der Waals surface area contributed by atoms with Gasteiger partial charge >= 0.3 is 12.1 Å². The molecule has 1 aromatic heterocycles. The third kappa shape index (κ3) is 4.23. The van der Waals surface area contributed by atoms with Gasteiger partial charge in [0, 0.05) is 18.3 Å². The van der Waals surface area contributed by atoms with Gasteiger partial charge in [-0.05, 0) is 31.4 Å². The standard InChI is InChI=1S/C14H19F3N2O2/c1-21-13(20)12-6-5-11(19-12)8-18-10-4-2-3-9(7-10)14(15,16)17/h5-6,9-10,18-19H,2-4,7-8H2,1H3. The molecule has 0 saturated heterocycles. The van der Waals surface area contributed by atoms with Crippen molar-refractivity contribution < 1.29 is 22.7 Å². The van der Waals surface area contributed by atoms with E-state index >= 15 is 0 Å². The molecule has 2 rings (SSSR count). The van der Waals surface area contributed by atoms with Gasteiger partial charge in [-0.3, -0.25) is 0 Å². The molecule has 4 nitrogen and oxygen atoms in total. The molecular weight excluding hydrogens is 285 g/mol. The molecule has 2 unspecified atom stereocenters. The van der Waals surface area contributed by atoms with Crippen LogP contribution in [0.25, 0.3) is 0 Å². The van der Waals surface area contributed by atoms with Crippen molar-refractivity contribution >= 4 is 5.97 Å². The highest BCUT2D eigenvalue weighted by molar-refractivity contribution is 5.87. The number of carbonyl (C=O) groups excluding carboxylic acids is 1. The Morgan fingerprint density at radius 3 is 2.86 bits per heavy atom. The first-order chi connectivity index (χ1) is 9.90. The average molecular weight is 304 g/mol. The molecule has 2 atom stereocenters. The van der Waals surface area contributed by atoms with E-state index in [2.05, 4.69) is 15.0 Å². The molecule has 0 amide bonds.